The monoisotopic (exact) mass is 457 g/mol. The van der Waals surface area contributed by atoms with E-state index in [1.54, 1.807) is 25.4 Å². The van der Waals surface area contributed by atoms with Crippen molar-refractivity contribution in [1.82, 2.24) is 14.5 Å². The maximum Gasteiger partial charge on any atom is 0.283 e. The fourth-order valence-corrected chi connectivity index (χ4v) is 4.65. The van der Waals surface area contributed by atoms with Crippen molar-refractivity contribution in [3.8, 4) is 22.6 Å². The van der Waals surface area contributed by atoms with Crippen LogP contribution in [0.5, 0.6) is 5.75 Å². The molecule has 164 valence electrons. The zero-order valence-corrected chi connectivity index (χ0v) is 18.6. The van der Waals surface area contributed by atoms with Gasteiger partial charge in [-0.15, -0.1) is 0 Å². The molecule has 5 rings (SSSR count). The minimum absolute atomic E-state index is 0.234. The summed E-state index contributed by atoms with van der Waals surface area (Å²) in [6.07, 6.45) is 1.81. The van der Waals surface area contributed by atoms with Gasteiger partial charge in [0.05, 0.1) is 12.8 Å². The summed E-state index contributed by atoms with van der Waals surface area (Å²) in [7, 11) is 1.63. The number of H-pyrrole nitrogens is 1. The summed E-state index contributed by atoms with van der Waals surface area (Å²) in [5.41, 5.74) is 4.20. The largest absolute Gasteiger partial charge is 0.497 e. The topological polar surface area (TPSA) is 59.9 Å². The molecule has 5 nitrogen and oxygen atoms in total. The van der Waals surface area contributed by atoms with Crippen LogP contribution in [0.1, 0.15) is 5.56 Å². The molecule has 0 amide bonds. The number of fused-ring (bicyclic) bond motifs is 1. The number of ether oxygens (including phenoxy) is 1. The Balaban J connectivity index is 1.65. The lowest BCUT2D eigenvalue weighted by Gasteiger charge is -2.13. The predicted octanol–water partition coefficient (Wildman–Crippen LogP) is 5.82. The molecule has 0 unspecified atom stereocenters. The van der Waals surface area contributed by atoms with Crippen molar-refractivity contribution in [1.29, 1.82) is 0 Å². The van der Waals surface area contributed by atoms with Crippen LogP contribution >= 0.6 is 11.8 Å². The maximum atomic E-state index is 13.6. The third-order valence-corrected chi connectivity index (χ3v) is 6.35. The third-order valence-electron chi connectivity index (χ3n) is 5.34. The van der Waals surface area contributed by atoms with Crippen LogP contribution in [-0.2, 0) is 5.75 Å². The number of rotatable bonds is 6. The van der Waals surface area contributed by atoms with Crippen LogP contribution in [0, 0.1) is 5.82 Å². The van der Waals surface area contributed by atoms with E-state index in [0.717, 1.165) is 22.4 Å². The fraction of sp³-hybridized carbons (Fsp3) is 0.0769. The van der Waals surface area contributed by atoms with Gasteiger partial charge in [-0.25, -0.2) is 9.37 Å². The summed E-state index contributed by atoms with van der Waals surface area (Å²) >= 11 is 1.44. The van der Waals surface area contributed by atoms with Crippen molar-refractivity contribution in [2.45, 2.75) is 10.9 Å². The van der Waals surface area contributed by atoms with Crippen LogP contribution in [0.3, 0.4) is 0 Å². The zero-order valence-electron chi connectivity index (χ0n) is 17.8. The molecule has 0 saturated heterocycles. The van der Waals surface area contributed by atoms with E-state index >= 15 is 0 Å². The van der Waals surface area contributed by atoms with E-state index in [4.69, 9.17) is 9.72 Å². The van der Waals surface area contributed by atoms with Crippen LogP contribution in [0.4, 0.5) is 4.39 Å². The Morgan fingerprint density at radius 3 is 2.58 bits per heavy atom. The van der Waals surface area contributed by atoms with Gasteiger partial charge in [0.2, 0.25) is 0 Å². The Bertz CT molecular complexity index is 1480. The number of nitrogens with zero attached hydrogens (tertiary/aromatic N) is 2. The number of hydrogen-bond acceptors (Lipinski definition) is 4. The number of benzene rings is 3. The molecule has 0 radical (unpaired) electrons. The molecular formula is C26H20FN3O2S. The molecule has 0 aliphatic heterocycles. The van der Waals surface area contributed by atoms with Crippen LogP contribution in [0.25, 0.3) is 27.8 Å². The lowest BCUT2D eigenvalue weighted by molar-refractivity contribution is 0.414. The fourth-order valence-electron chi connectivity index (χ4n) is 3.70. The van der Waals surface area contributed by atoms with Gasteiger partial charge in [-0.1, -0.05) is 54.2 Å². The van der Waals surface area contributed by atoms with Gasteiger partial charge in [-0.05, 0) is 47.5 Å². The van der Waals surface area contributed by atoms with E-state index in [0.29, 0.717) is 27.6 Å². The average molecular weight is 458 g/mol. The van der Waals surface area contributed by atoms with Crippen molar-refractivity contribution in [2.24, 2.45) is 0 Å². The summed E-state index contributed by atoms with van der Waals surface area (Å²) in [6.45, 7) is 0. The maximum absolute atomic E-state index is 13.6. The van der Waals surface area contributed by atoms with Gasteiger partial charge in [0, 0.05) is 17.5 Å². The molecule has 3 aromatic carbocycles. The highest BCUT2D eigenvalue weighted by Crippen LogP contribution is 2.30. The predicted molar refractivity (Wildman–Crippen MR) is 130 cm³/mol. The lowest BCUT2D eigenvalue weighted by atomic mass is 10.1. The van der Waals surface area contributed by atoms with Crippen LogP contribution in [0.15, 0.2) is 95.0 Å². The van der Waals surface area contributed by atoms with E-state index < -0.39 is 0 Å². The summed E-state index contributed by atoms with van der Waals surface area (Å²) in [5, 5.41) is 0.527. The quantitative estimate of drug-likeness (QED) is 0.258. The second-order valence-corrected chi connectivity index (χ2v) is 8.39. The molecule has 5 aromatic rings. The molecule has 2 heterocycles. The molecule has 1 N–H and O–H groups in total. The van der Waals surface area contributed by atoms with E-state index in [-0.39, 0.29) is 11.4 Å². The normalized spacial score (nSPS) is 11.1. The lowest BCUT2D eigenvalue weighted by Crippen LogP contribution is -2.21. The Hall–Kier alpha value is -3.84. The second kappa shape index (κ2) is 8.96. The molecule has 33 heavy (non-hydrogen) atoms. The summed E-state index contributed by atoms with van der Waals surface area (Å²) in [6, 6.07) is 23.4. The van der Waals surface area contributed by atoms with E-state index in [1.807, 2.05) is 54.6 Å². The van der Waals surface area contributed by atoms with Crippen LogP contribution < -0.4 is 10.3 Å². The van der Waals surface area contributed by atoms with Gasteiger partial charge in [0.1, 0.15) is 22.6 Å². The van der Waals surface area contributed by atoms with E-state index in [1.165, 1.54) is 28.5 Å². The minimum Gasteiger partial charge on any atom is -0.497 e. The van der Waals surface area contributed by atoms with E-state index in [2.05, 4.69) is 4.98 Å². The molecule has 7 heteroatoms. The first-order valence-electron chi connectivity index (χ1n) is 10.4. The van der Waals surface area contributed by atoms with Gasteiger partial charge >= 0.3 is 0 Å². The number of nitrogens with one attached hydrogen (secondary N) is 1. The number of halogens is 1. The van der Waals surface area contributed by atoms with E-state index in [9.17, 15) is 9.18 Å². The Morgan fingerprint density at radius 1 is 1.03 bits per heavy atom. The van der Waals surface area contributed by atoms with Gasteiger partial charge in [-0.3, -0.25) is 9.36 Å². The SMILES string of the molecule is COc1cccc(CSc2nc3c(-c4ccccc4)c[nH]c3c(=O)n2-c2ccc(F)cc2)c1. The third kappa shape index (κ3) is 4.15. The molecular weight excluding hydrogens is 437 g/mol. The second-order valence-electron chi connectivity index (χ2n) is 7.44. The molecule has 0 bridgehead atoms. The van der Waals surface area contributed by atoms with Crippen molar-refractivity contribution >= 4 is 22.8 Å². The number of thioether (sulfide) groups is 1. The highest BCUT2D eigenvalue weighted by atomic mass is 32.2. The number of aromatic nitrogens is 3. The molecule has 0 saturated carbocycles. The molecule has 0 spiro atoms. The van der Waals surface area contributed by atoms with Crippen LogP contribution in [0.2, 0.25) is 0 Å². The number of hydrogen-bond donors (Lipinski definition) is 1. The first-order chi connectivity index (χ1) is 16.1. The number of aromatic amines is 1. The highest BCUT2D eigenvalue weighted by Gasteiger charge is 2.18. The van der Waals surface area contributed by atoms with Crippen molar-refractivity contribution in [3.63, 3.8) is 0 Å². The minimum atomic E-state index is -0.363. The number of methoxy groups -OCH3 is 1. The van der Waals surface area contributed by atoms with Gasteiger partial charge in [0.15, 0.2) is 5.16 Å². The molecule has 0 fully saturated rings. The average Bonchev–Trinajstić information content (AvgIpc) is 3.28. The molecule has 0 atom stereocenters. The highest BCUT2D eigenvalue weighted by molar-refractivity contribution is 7.98. The standard InChI is InChI=1S/C26H20FN3O2S/c1-32-21-9-5-6-17(14-21)16-33-26-29-23-22(18-7-3-2-4-8-18)15-28-24(23)25(31)30(26)20-12-10-19(27)11-13-20/h2-15,28H,16H2,1H3. The first-order valence-corrected chi connectivity index (χ1v) is 11.3. The Morgan fingerprint density at radius 2 is 1.82 bits per heavy atom. The molecule has 0 aliphatic rings. The van der Waals surface area contributed by atoms with Gasteiger partial charge < -0.3 is 9.72 Å². The summed E-state index contributed by atoms with van der Waals surface area (Å²) in [5.74, 6) is 0.989. The van der Waals surface area contributed by atoms with Crippen molar-refractivity contribution in [2.75, 3.05) is 7.11 Å². The van der Waals surface area contributed by atoms with Crippen LogP contribution in [-0.4, -0.2) is 21.6 Å². The van der Waals surface area contributed by atoms with Gasteiger partial charge in [-0.2, -0.15) is 0 Å². The summed E-state index contributed by atoms with van der Waals surface area (Å²) < 4.78 is 20.4. The Labute approximate surface area is 193 Å². The van der Waals surface area contributed by atoms with Gasteiger partial charge in [0.25, 0.3) is 5.56 Å². The zero-order chi connectivity index (χ0) is 22.8. The molecule has 0 aliphatic carbocycles. The summed E-state index contributed by atoms with van der Waals surface area (Å²) in [4.78, 5) is 21.6. The van der Waals surface area contributed by atoms with Crippen molar-refractivity contribution < 1.29 is 9.13 Å². The first kappa shape index (κ1) is 21.0. The molecule has 2 aromatic heterocycles. The smallest absolute Gasteiger partial charge is 0.283 e. The van der Waals surface area contributed by atoms with Crippen molar-refractivity contribution in [3.05, 3.63) is 107 Å². The Kier molecular flexibility index (Phi) is 5.71.